The fourth-order valence-electron chi connectivity index (χ4n) is 1.46. The number of benzene rings is 1. The molecule has 84 valence electrons. The molecule has 1 unspecified atom stereocenters. The van der Waals surface area contributed by atoms with Crippen LogP contribution in [0, 0.1) is 11.6 Å². The Morgan fingerprint density at radius 3 is 2.31 bits per heavy atom. The molecule has 2 aromatic rings. The molecule has 0 radical (unpaired) electrons. The molecule has 0 saturated heterocycles. The Bertz CT molecular complexity index is 492. The zero-order chi connectivity index (χ0) is 11.7. The Balaban J connectivity index is 2.41. The summed E-state index contributed by atoms with van der Waals surface area (Å²) < 4.78 is 30.8. The molecule has 0 amide bonds. The van der Waals surface area contributed by atoms with Crippen molar-refractivity contribution < 1.29 is 13.2 Å². The second-order valence-electron chi connectivity index (χ2n) is 3.33. The molecule has 0 bridgehead atoms. The first kappa shape index (κ1) is 11.1. The minimum absolute atomic E-state index is 0.122. The molecule has 0 aliphatic heterocycles. The van der Waals surface area contributed by atoms with Crippen LogP contribution in [0.3, 0.4) is 0 Å². The molecule has 2 nitrogen and oxygen atoms in total. The van der Waals surface area contributed by atoms with Crippen molar-refractivity contribution in [2.75, 3.05) is 0 Å². The maximum atomic E-state index is 13.0. The topological polar surface area (TPSA) is 39.2 Å². The zero-order valence-corrected chi connectivity index (χ0v) is 8.84. The van der Waals surface area contributed by atoms with Gasteiger partial charge < -0.3 is 10.2 Å². The summed E-state index contributed by atoms with van der Waals surface area (Å²) in [5, 5.41) is 0.122. The molecule has 1 aromatic carbocycles. The van der Waals surface area contributed by atoms with Gasteiger partial charge in [-0.2, -0.15) is 0 Å². The number of furan rings is 1. The monoisotopic (exact) mass is 243 g/mol. The van der Waals surface area contributed by atoms with Crippen molar-refractivity contribution in [3.63, 3.8) is 0 Å². The van der Waals surface area contributed by atoms with Crippen LogP contribution in [0.2, 0.25) is 5.22 Å². The van der Waals surface area contributed by atoms with Crippen LogP contribution in [0.1, 0.15) is 17.2 Å². The average molecular weight is 244 g/mol. The highest BCUT2D eigenvalue weighted by Gasteiger charge is 2.16. The first-order valence-corrected chi connectivity index (χ1v) is 4.90. The lowest BCUT2D eigenvalue weighted by atomic mass is 10.0. The van der Waals surface area contributed by atoms with E-state index in [0.29, 0.717) is 11.1 Å². The van der Waals surface area contributed by atoms with E-state index in [1.54, 1.807) is 6.07 Å². The average Bonchev–Trinajstić information content (AvgIpc) is 2.62. The van der Waals surface area contributed by atoms with E-state index in [-0.39, 0.29) is 5.22 Å². The molecule has 0 spiro atoms. The second kappa shape index (κ2) is 4.23. The molecule has 0 saturated carbocycles. The van der Waals surface area contributed by atoms with E-state index in [1.807, 2.05) is 0 Å². The van der Waals surface area contributed by atoms with Gasteiger partial charge in [0.15, 0.2) is 5.22 Å². The molecular weight excluding hydrogens is 236 g/mol. The quantitative estimate of drug-likeness (QED) is 0.879. The predicted octanol–water partition coefficient (Wildman–Crippen LogP) is 3.26. The molecule has 0 aliphatic rings. The minimum atomic E-state index is -0.712. The van der Waals surface area contributed by atoms with Gasteiger partial charge in [-0.3, -0.25) is 0 Å². The molecule has 0 fully saturated rings. The zero-order valence-electron chi connectivity index (χ0n) is 8.08. The van der Waals surface area contributed by atoms with Gasteiger partial charge in [-0.25, -0.2) is 8.78 Å². The van der Waals surface area contributed by atoms with E-state index >= 15 is 0 Å². The van der Waals surface area contributed by atoms with E-state index < -0.39 is 17.7 Å². The van der Waals surface area contributed by atoms with Crippen molar-refractivity contribution in [1.29, 1.82) is 0 Å². The molecule has 2 N–H and O–H groups in total. The predicted molar refractivity (Wildman–Crippen MR) is 56.1 cm³/mol. The third kappa shape index (κ3) is 2.08. The lowest BCUT2D eigenvalue weighted by Crippen LogP contribution is -2.12. The summed E-state index contributed by atoms with van der Waals surface area (Å²) in [7, 11) is 0. The summed E-state index contributed by atoms with van der Waals surface area (Å²) in [5.41, 5.74) is 6.62. The molecule has 0 aliphatic carbocycles. The van der Waals surface area contributed by atoms with Crippen molar-refractivity contribution in [3.05, 3.63) is 58.5 Å². The summed E-state index contributed by atoms with van der Waals surface area (Å²) >= 11 is 5.73. The summed E-state index contributed by atoms with van der Waals surface area (Å²) in [5.74, 6) is -1.35. The summed E-state index contributed by atoms with van der Waals surface area (Å²) in [6.45, 7) is 0. The Hall–Kier alpha value is -1.39. The van der Waals surface area contributed by atoms with Gasteiger partial charge in [0.1, 0.15) is 11.6 Å². The number of rotatable bonds is 2. The molecule has 2 rings (SSSR count). The van der Waals surface area contributed by atoms with Gasteiger partial charge in [-0.05, 0) is 35.4 Å². The van der Waals surface area contributed by atoms with Crippen LogP contribution >= 0.6 is 11.6 Å². The second-order valence-corrected chi connectivity index (χ2v) is 3.67. The fraction of sp³-hybridized carbons (Fsp3) is 0.0909. The van der Waals surface area contributed by atoms with Crippen LogP contribution in [0.15, 0.2) is 34.9 Å². The largest absolute Gasteiger partial charge is 0.453 e. The Morgan fingerprint density at radius 1 is 1.19 bits per heavy atom. The van der Waals surface area contributed by atoms with Gasteiger partial charge in [-0.15, -0.1) is 0 Å². The van der Waals surface area contributed by atoms with Crippen LogP contribution in [0.4, 0.5) is 8.78 Å². The number of nitrogens with two attached hydrogens (primary N) is 1. The highest BCUT2D eigenvalue weighted by molar-refractivity contribution is 6.29. The van der Waals surface area contributed by atoms with Gasteiger partial charge in [0.2, 0.25) is 0 Å². The lowest BCUT2D eigenvalue weighted by molar-refractivity contribution is 0.562. The van der Waals surface area contributed by atoms with Crippen LogP contribution in [0.5, 0.6) is 0 Å². The van der Waals surface area contributed by atoms with Gasteiger partial charge in [-0.1, -0.05) is 0 Å². The van der Waals surface area contributed by atoms with Gasteiger partial charge >= 0.3 is 0 Å². The van der Waals surface area contributed by atoms with Crippen molar-refractivity contribution >= 4 is 11.6 Å². The standard InChI is InChI=1S/C11H8ClF2NO/c12-11-9(1-2-16-11)10(15)6-3-7(13)5-8(14)4-6/h1-5,10H,15H2. The Morgan fingerprint density at radius 2 is 1.81 bits per heavy atom. The highest BCUT2D eigenvalue weighted by atomic mass is 35.5. The van der Waals surface area contributed by atoms with Crippen molar-refractivity contribution in [2.24, 2.45) is 5.73 Å². The maximum Gasteiger partial charge on any atom is 0.198 e. The summed E-state index contributed by atoms with van der Waals surface area (Å²) in [6, 6.07) is 3.97. The van der Waals surface area contributed by atoms with Crippen LogP contribution in [-0.2, 0) is 0 Å². The Labute approximate surface area is 95.6 Å². The fourth-order valence-corrected chi connectivity index (χ4v) is 1.69. The Kier molecular flexibility index (Phi) is 2.94. The summed E-state index contributed by atoms with van der Waals surface area (Å²) in [6.07, 6.45) is 1.37. The summed E-state index contributed by atoms with van der Waals surface area (Å²) in [4.78, 5) is 0. The number of halogens is 3. The lowest BCUT2D eigenvalue weighted by Gasteiger charge is -2.10. The first-order chi connectivity index (χ1) is 7.58. The van der Waals surface area contributed by atoms with E-state index in [9.17, 15) is 8.78 Å². The van der Waals surface area contributed by atoms with Crippen LogP contribution in [-0.4, -0.2) is 0 Å². The molecule has 5 heteroatoms. The molecule has 1 aromatic heterocycles. The van der Waals surface area contributed by atoms with Crippen LogP contribution < -0.4 is 5.73 Å². The van der Waals surface area contributed by atoms with E-state index in [1.165, 1.54) is 6.26 Å². The smallest absolute Gasteiger partial charge is 0.198 e. The molecule has 1 atom stereocenters. The van der Waals surface area contributed by atoms with E-state index in [4.69, 9.17) is 21.8 Å². The van der Waals surface area contributed by atoms with Crippen molar-refractivity contribution in [2.45, 2.75) is 6.04 Å². The normalized spacial score (nSPS) is 12.8. The van der Waals surface area contributed by atoms with Gasteiger partial charge in [0, 0.05) is 11.6 Å². The van der Waals surface area contributed by atoms with Crippen LogP contribution in [0.25, 0.3) is 0 Å². The molecule has 1 heterocycles. The SMILES string of the molecule is NC(c1cc(F)cc(F)c1)c1ccoc1Cl. The molecular formula is C11H8ClF2NO. The molecule has 16 heavy (non-hydrogen) atoms. The highest BCUT2D eigenvalue weighted by Crippen LogP contribution is 2.28. The maximum absolute atomic E-state index is 13.0. The van der Waals surface area contributed by atoms with Gasteiger partial charge in [0.05, 0.1) is 12.3 Å². The van der Waals surface area contributed by atoms with E-state index in [0.717, 1.165) is 18.2 Å². The van der Waals surface area contributed by atoms with Gasteiger partial charge in [0.25, 0.3) is 0 Å². The minimum Gasteiger partial charge on any atom is -0.453 e. The third-order valence-corrected chi connectivity index (χ3v) is 2.53. The third-order valence-electron chi connectivity index (χ3n) is 2.23. The van der Waals surface area contributed by atoms with E-state index in [2.05, 4.69) is 0 Å². The van der Waals surface area contributed by atoms with Crippen molar-refractivity contribution in [3.8, 4) is 0 Å². The van der Waals surface area contributed by atoms with Crippen molar-refractivity contribution in [1.82, 2.24) is 0 Å². The number of hydrogen-bond donors (Lipinski definition) is 1. The first-order valence-electron chi connectivity index (χ1n) is 4.52. The number of hydrogen-bond acceptors (Lipinski definition) is 2.